The summed E-state index contributed by atoms with van der Waals surface area (Å²) in [5.41, 5.74) is 13.0. The molecule has 1 N–H and O–H groups in total. The van der Waals surface area contributed by atoms with Crippen LogP contribution in [-0.4, -0.2) is 9.97 Å². The van der Waals surface area contributed by atoms with Crippen LogP contribution in [0.1, 0.15) is 51.9 Å². The summed E-state index contributed by atoms with van der Waals surface area (Å²) in [7, 11) is 0. The van der Waals surface area contributed by atoms with Gasteiger partial charge in [0.1, 0.15) is 11.0 Å². The molecular formula is C66H56N4S. The molecule has 9 aromatic carbocycles. The number of allylic oxidation sites excluding steroid dienone is 3. The van der Waals surface area contributed by atoms with Crippen LogP contribution >= 0.6 is 11.3 Å². The van der Waals surface area contributed by atoms with Crippen LogP contribution < -0.4 is 20.7 Å². The van der Waals surface area contributed by atoms with Crippen LogP contribution in [-0.2, 0) is 0 Å². The van der Waals surface area contributed by atoms with E-state index in [4.69, 9.17) is 9.97 Å². The summed E-state index contributed by atoms with van der Waals surface area (Å²) in [5.74, 6) is 0.236. The zero-order valence-corrected chi connectivity index (χ0v) is 41.7. The Morgan fingerprint density at radius 1 is 0.563 bits per heavy atom. The van der Waals surface area contributed by atoms with E-state index in [1.54, 1.807) is 11.3 Å². The Kier molecular flexibility index (Phi) is 13.5. The van der Waals surface area contributed by atoms with Gasteiger partial charge in [-0.1, -0.05) is 209 Å². The highest BCUT2D eigenvalue weighted by molar-refractivity contribution is 7.20. The molecule has 5 heteroatoms. The number of aromatic nitrogens is 2. The van der Waals surface area contributed by atoms with E-state index in [1.807, 2.05) is 51.1 Å². The molecule has 1 unspecified atom stereocenters. The first kappa shape index (κ1) is 46.4. The second-order valence-electron chi connectivity index (χ2n) is 17.6. The highest BCUT2D eigenvalue weighted by atomic mass is 32.1. The molecule has 0 radical (unpaired) electrons. The Hall–Kier alpha value is -8.38. The van der Waals surface area contributed by atoms with Gasteiger partial charge in [-0.05, 0) is 100 Å². The Morgan fingerprint density at radius 2 is 1.07 bits per heavy atom. The van der Waals surface area contributed by atoms with Crippen LogP contribution in [0.5, 0.6) is 0 Å². The molecule has 4 nitrogen and oxygen atoms in total. The summed E-state index contributed by atoms with van der Waals surface area (Å²) in [5, 5.41) is 13.2. The van der Waals surface area contributed by atoms with Gasteiger partial charge in [0.15, 0.2) is 0 Å². The third-order valence-corrected chi connectivity index (χ3v) is 14.5. The molecule has 0 saturated heterocycles. The summed E-state index contributed by atoms with van der Waals surface area (Å²) < 4.78 is 0. The summed E-state index contributed by atoms with van der Waals surface area (Å²) in [4.78, 5) is 15.4. The lowest BCUT2D eigenvalue weighted by Gasteiger charge is -2.28. The lowest BCUT2D eigenvalue weighted by Crippen LogP contribution is -2.21. The van der Waals surface area contributed by atoms with Crippen molar-refractivity contribution >= 4 is 102 Å². The van der Waals surface area contributed by atoms with Crippen molar-refractivity contribution in [2.75, 3.05) is 10.2 Å². The fourth-order valence-corrected chi connectivity index (χ4v) is 10.6. The van der Waals surface area contributed by atoms with Gasteiger partial charge in [-0.25, -0.2) is 9.97 Å². The first-order chi connectivity index (χ1) is 34.9. The molecule has 346 valence electrons. The number of rotatable bonds is 8. The van der Waals surface area contributed by atoms with Crippen molar-refractivity contribution in [3.63, 3.8) is 0 Å². The minimum Gasteiger partial charge on any atom is -0.355 e. The predicted molar refractivity (Wildman–Crippen MR) is 309 cm³/mol. The van der Waals surface area contributed by atoms with Crippen LogP contribution in [0.4, 0.5) is 28.4 Å². The second kappa shape index (κ2) is 20.7. The third-order valence-electron chi connectivity index (χ3n) is 13.2. The number of hydrogen-bond donors (Lipinski definition) is 1. The molecule has 2 heterocycles. The molecule has 0 aliphatic heterocycles. The van der Waals surface area contributed by atoms with Gasteiger partial charge in [0.2, 0.25) is 0 Å². The van der Waals surface area contributed by atoms with Crippen molar-refractivity contribution in [1.29, 1.82) is 0 Å². The quantitative estimate of drug-likeness (QED) is 0.165. The molecule has 12 rings (SSSR count). The van der Waals surface area contributed by atoms with Crippen LogP contribution in [0.2, 0.25) is 0 Å². The zero-order valence-electron chi connectivity index (χ0n) is 40.9. The van der Waals surface area contributed by atoms with E-state index in [-0.39, 0.29) is 5.92 Å². The first-order valence-electron chi connectivity index (χ1n) is 24.5. The van der Waals surface area contributed by atoms with E-state index in [9.17, 15) is 0 Å². The molecule has 0 saturated carbocycles. The fraction of sp³-hybridized carbons (Fsp3) is 0.0909. The molecule has 1 aliphatic rings. The summed E-state index contributed by atoms with van der Waals surface area (Å²) in [6.07, 6.45) is 8.29. The predicted octanol–water partition coefficient (Wildman–Crippen LogP) is 17.7. The fourth-order valence-electron chi connectivity index (χ4n) is 9.42. The number of thiophene rings is 1. The van der Waals surface area contributed by atoms with Crippen molar-refractivity contribution in [1.82, 2.24) is 9.97 Å². The van der Waals surface area contributed by atoms with Crippen molar-refractivity contribution in [2.24, 2.45) is 0 Å². The summed E-state index contributed by atoms with van der Waals surface area (Å²) >= 11 is 1.78. The Bertz CT molecular complexity index is 3790. The average molecular weight is 937 g/mol. The molecule has 11 aromatic rings. The van der Waals surface area contributed by atoms with Crippen molar-refractivity contribution in [2.45, 2.75) is 40.5 Å². The standard InChI is InChI=1S/C53H38N4S.C11H12.C2H6/c1-33-32-46-49(34(33)2)56-51-50(55-46)52(38-24-28-40(29-25-38)54-45-21-9-15-35-12-3-6-18-42(35)45)58-53(51)39-26-30-41(31-27-39)57(47-22-10-16-36-13-4-7-19-43(36)47)48-23-11-17-37-14-5-8-20-44(37)48;1-3-4-8-11-9-6-5-7-10(11)2;1-2/h3-32,34,54H,1-2H3;3-9H,2H2,1H3;1-2H3/b;4-3-,11-8-;. The number of nitrogens with one attached hydrogen (secondary N) is 1. The molecule has 71 heavy (non-hydrogen) atoms. The number of anilines is 5. The summed E-state index contributed by atoms with van der Waals surface area (Å²) in [6, 6.07) is 71.2. The topological polar surface area (TPSA) is 41.1 Å². The smallest absolute Gasteiger partial charge is 0.109 e. The SMILES string of the molecule is C=c1cccc/c1=C/C=C\C.CC.CC1=Cc2nc3c(-c4ccc(Nc5cccc6ccccc56)cc4)sc(-c4ccc(N(c5cccc6ccccc56)c5cccc6ccccc56)cc4)c3nc2C1C. The maximum absolute atomic E-state index is 5.41. The average Bonchev–Trinajstić information content (AvgIpc) is 3.93. The van der Waals surface area contributed by atoms with Gasteiger partial charge in [-0.3, -0.25) is 0 Å². The van der Waals surface area contributed by atoms with E-state index in [2.05, 4.69) is 225 Å². The van der Waals surface area contributed by atoms with Gasteiger partial charge in [0.25, 0.3) is 0 Å². The van der Waals surface area contributed by atoms with Gasteiger partial charge >= 0.3 is 0 Å². The molecule has 0 fully saturated rings. The van der Waals surface area contributed by atoms with Gasteiger partial charge in [0.05, 0.1) is 32.5 Å². The minimum atomic E-state index is 0.236. The molecule has 2 aromatic heterocycles. The largest absolute Gasteiger partial charge is 0.355 e. The second-order valence-corrected chi connectivity index (χ2v) is 18.6. The maximum atomic E-state index is 5.41. The van der Waals surface area contributed by atoms with Gasteiger partial charge in [-0.15, -0.1) is 11.3 Å². The highest BCUT2D eigenvalue weighted by Crippen LogP contribution is 2.47. The minimum absolute atomic E-state index is 0.236. The van der Waals surface area contributed by atoms with E-state index < -0.39 is 0 Å². The lowest BCUT2D eigenvalue weighted by atomic mass is 10.0. The van der Waals surface area contributed by atoms with Crippen molar-refractivity contribution < 1.29 is 0 Å². The number of fused-ring (bicyclic) bond motifs is 5. The van der Waals surface area contributed by atoms with Crippen LogP contribution in [0.25, 0.3) is 83.0 Å². The molecule has 0 amide bonds. The molecule has 1 atom stereocenters. The lowest BCUT2D eigenvalue weighted by molar-refractivity contribution is 0.875. The monoisotopic (exact) mass is 936 g/mol. The first-order valence-corrected chi connectivity index (χ1v) is 25.3. The summed E-state index contributed by atoms with van der Waals surface area (Å²) in [6.45, 7) is 14.3. The van der Waals surface area contributed by atoms with Gasteiger partial charge < -0.3 is 10.2 Å². The third kappa shape index (κ3) is 9.28. The van der Waals surface area contributed by atoms with Gasteiger partial charge in [0, 0.05) is 39.1 Å². The van der Waals surface area contributed by atoms with Crippen molar-refractivity contribution in [3.8, 4) is 20.9 Å². The zero-order chi connectivity index (χ0) is 48.8. The Balaban J connectivity index is 0.000000395. The van der Waals surface area contributed by atoms with Crippen LogP contribution in [0.15, 0.2) is 218 Å². The Morgan fingerprint density at radius 3 is 1.68 bits per heavy atom. The normalized spacial score (nSPS) is 13.2. The number of nitrogens with zero attached hydrogens (tertiary/aromatic N) is 3. The molecule has 0 bridgehead atoms. The molecule has 0 spiro atoms. The Labute approximate surface area is 421 Å². The van der Waals surface area contributed by atoms with Crippen LogP contribution in [0, 0.1) is 0 Å². The molecular weight excluding hydrogens is 881 g/mol. The van der Waals surface area contributed by atoms with E-state index in [1.165, 1.54) is 43.1 Å². The van der Waals surface area contributed by atoms with E-state index in [0.29, 0.717) is 0 Å². The van der Waals surface area contributed by atoms with Crippen LogP contribution in [0.3, 0.4) is 0 Å². The number of hydrogen-bond acceptors (Lipinski definition) is 5. The van der Waals surface area contributed by atoms with E-state index in [0.717, 1.165) is 77.0 Å². The highest BCUT2D eigenvalue weighted by Gasteiger charge is 2.26. The van der Waals surface area contributed by atoms with Crippen molar-refractivity contribution in [3.05, 3.63) is 240 Å². The number of benzene rings is 9. The maximum Gasteiger partial charge on any atom is 0.109 e. The van der Waals surface area contributed by atoms with Gasteiger partial charge in [-0.2, -0.15) is 0 Å². The molecule has 1 aliphatic carbocycles. The van der Waals surface area contributed by atoms with E-state index >= 15 is 0 Å².